The Bertz CT molecular complexity index is 1190. The smallest absolute Gasteiger partial charge is 0.0244 e. The van der Waals surface area contributed by atoms with Crippen LogP contribution < -0.4 is 0 Å². The van der Waals surface area contributed by atoms with Gasteiger partial charge in [0.15, 0.2) is 0 Å². The molecule has 0 N–H and O–H groups in total. The van der Waals surface area contributed by atoms with Crippen LogP contribution >= 0.6 is 43.2 Å². The Labute approximate surface area is 259 Å². The molecule has 212 valence electrons. The SMILES string of the molecule is Cc1cc(C)c(SSc2c(C)cc(C)cc2C)c(C)c1.Cc1cc(C)c(SSc2c(C)cc(C)cc2C)c(C)c1. The maximum atomic E-state index is 2.27. The predicted molar refractivity (Wildman–Crippen MR) is 186 cm³/mol. The third kappa shape index (κ3) is 8.64. The van der Waals surface area contributed by atoms with Crippen molar-refractivity contribution in [3.63, 3.8) is 0 Å². The molecule has 0 atom stereocenters. The molecule has 4 aromatic rings. The van der Waals surface area contributed by atoms with Crippen LogP contribution in [0.4, 0.5) is 0 Å². The van der Waals surface area contributed by atoms with Crippen molar-refractivity contribution < 1.29 is 0 Å². The molecule has 0 bridgehead atoms. The lowest BCUT2D eigenvalue weighted by molar-refractivity contribution is 1.19. The molecular formula is C36H44S4. The molecule has 0 aliphatic rings. The summed E-state index contributed by atoms with van der Waals surface area (Å²) in [6.45, 7) is 26.3. The number of benzene rings is 4. The van der Waals surface area contributed by atoms with Crippen LogP contribution in [0.5, 0.6) is 0 Å². The van der Waals surface area contributed by atoms with E-state index < -0.39 is 0 Å². The van der Waals surface area contributed by atoms with Crippen molar-refractivity contribution in [1.29, 1.82) is 0 Å². The van der Waals surface area contributed by atoms with E-state index in [0.29, 0.717) is 0 Å². The van der Waals surface area contributed by atoms with Crippen LogP contribution in [0, 0.1) is 83.1 Å². The highest BCUT2D eigenvalue weighted by molar-refractivity contribution is 8.77. The monoisotopic (exact) mass is 604 g/mol. The molecule has 4 heteroatoms. The highest BCUT2D eigenvalue weighted by Gasteiger charge is 2.11. The Kier molecular flexibility index (Phi) is 11.8. The zero-order chi connectivity index (χ0) is 29.7. The predicted octanol–water partition coefficient (Wildman–Crippen LogP) is 12.7. The Morgan fingerprint density at radius 2 is 0.375 bits per heavy atom. The van der Waals surface area contributed by atoms with Gasteiger partial charge in [-0.05, 0) is 128 Å². The van der Waals surface area contributed by atoms with Crippen molar-refractivity contribution in [3.05, 3.63) is 115 Å². The molecule has 4 aromatic carbocycles. The second kappa shape index (κ2) is 14.4. The van der Waals surface area contributed by atoms with Gasteiger partial charge >= 0.3 is 0 Å². The Hall–Kier alpha value is -1.72. The first-order chi connectivity index (χ1) is 18.8. The normalized spacial score (nSPS) is 10.9. The van der Waals surface area contributed by atoms with Gasteiger partial charge in [-0.1, -0.05) is 114 Å². The van der Waals surface area contributed by atoms with Crippen LogP contribution in [-0.2, 0) is 0 Å². The molecule has 0 aromatic heterocycles. The molecular weight excluding hydrogens is 561 g/mol. The third-order valence-electron chi connectivity index (χ3n) is 6.84. The van der Waals surface area contributed by atoms with Crippen LogP contribution in [0.25, 0.3) is 0 Å². The van der Waals surface area contributed by atoms with Gasteiger partial charge in [-0.2, -0.15) is 0 Å². The lowest BCUT2D eigenvalue weighted by Crippen LogP contribution is -1.88. The van der Waals surface area contributed by atoms with E-state index in [4.69, 9.17) is 0 Å². The summed E-state index contributed by atoms with van der Waals surface area (Å²) in [5.74, 6) is 0. The van der Waals surface area contributed by atoms with E-state index in [2.05, 4.69) is 132 Å². The molecule has 0 nitrogen and oxygen atoms in total. The summed E-state index contributed by atoms with van der Waals surface area (Å²) < 4.78 is 0. The Morgan fingerprint density at radius 1 is 0.250 bits per heavy atom. The first kappa shape index (κ1) is 32.8. The molecule has 0 amide bonds. The minimum absolute atomic E-state index is 1.34. The van der Waals surface area contributed by atoms with Crippen LogP contribution in [0.15, 0.2) is 68.1 Å². The van der Waals surface area contributed by atoms with Crippen molar-refractivity contribution >= 4 is 43.2 Å². The maximum Gasteiger partial charge on any atom is 0.0244 e. The fourth-order valence-electron chi connectivity index (χ4n) is 5.36. The summed E-state index contributed by atoms with van der Waals surface area (Å²) in [6.07, 6.45) is 0. The van der Waals surface area contributed by atoms with Crippen molar-refractivity contribution in [2.75, 3.05) is 0 Å². The van der Waals surface area contributed by atoms with Crippen molar-refractivity contribution in [2.24, 2.45) is 0 Å². The maximum absolute atomic E-state index is 2.27. The second-order valence-electron chi connectivity index (χ2n) is 11.2. The number of rotatable bonds is 6. The molecule has 0 aliphatic carbocycles. The van der Waals surface area contributed by atoms with Crippen LogP contribution in [0.3, 0.4) is 0 Å². The van der Waals surface area contributed by atoms with Crippen molar-refractivity contribution in [2.45, 2.75) is 103 Å². The van der Waals surface area contributed by atoms with Gasteiger partial charge in [-0.15, -0.1) is 0 Å². The minimum Gasteiger partial charge on any atom is -0.0552 e. The van der Waals surface area contributed by atoms with Crippen molar-refractivity contribution in [3.8, 4) is 0 Å². The average Bonchev–Trinajstić information content (AvgIpc) is 2.80. The Morgan fingerprint density at radius 3 is 0.500 bits per heavy atom. The van der Waals surface area contributed by atoms with E-state index in [0.717, 1.165) is 0 Å². The highest BCUT2D eigenvalue weighted by Crippen LogP contribution is 2.44. The molecule has 0 aliphatic heterocycles. The summed E-state index contributed by atoms with van der Waals surface area (Å²) >= 11 is 0. The molecule has 0 saturated carbocycles. The molecule has 40 heavy (non-hydrogen) atoms. The Balaban J connectivity index is 0.000000220. The van der Waals surface area contributed by atoms with Gasteiger partial charge in [-0.3, -0.25) is 0 Å². The van der Waals surface area contributed by atoms with Gasteiger partial charge in [0, 0.05) is 19.6 Å². The van der Waals surface area contributed by atoms with Crippen LogP contribution in [0.2, 0.25) is 0 Å². The van der Waals surface area contributed by atoms with Gasteiger partial charge in [0.25, 0.3) is 0 Å². The van der Waals surface area contributed by atoms with E-state index in [1.807, 2.05) is 43.2 Å². The van der Waals surface area contributed by atoms with E-state index in [1.165, 1.54) is 86.3 Å². The summed E-state index contributed by atoms with van der Waals surface area (Å²) in [5, 5.41) is 0. The molecule has 0 radical (unpaired) electrons. The van der Waals surface area contributed by atoms with Gasteiger partial charge in [0.05, 0.1) is 0 Å². The molecule has 0 saturated heterocycles. The first-order valence-corrected chi connectivity index (χ1v) is 18.1. The molecule has 4 rings (SSSR count). The lowest BCUT2D eigenvalue weighted by Gasteiger charge is -2.13. The van der Waals surface area contributed by atoms with E-state index in [-0.39, 0.29) is 0 Å². The van der Waals surface area contributed by atoms with Crippen LogP contribution in [-0.4, -0.2) is 0 Å². The second-order valence-corrected chi connectivity index (χ2v) is 15.5. The molecule has 0 heterocycles. The van der Waals surface area contributed by atoms with Gasteiger partial charge in [0.2, 0.25) is 0 Å². The number of hydrogen-bond donors (Lipinski definition) is 0. The van der Waals surface area contributed by atoms with E-state index in [1.54, 1.807) is 0 Å². The average molecular weight is 605 g/mol. The summed E-state index contributed by atoms with van der Waals surface area (Å²) in [6, 6.07) is 18.1. The third-order valence-corrected chi connectivity index (χ3v) is 12.7. The number of hydrogen-bond acceptors (Lipinski definition) is 4. The largest absolute Gasteiger partial charge is 0.0552 e. The number of aryl methyl sites for hydroxylation is 12. The molecule has 0 spiro atoms. The van der Waals surface area contributed by atoms with Gasteiger partial charge < -0.3 is 0 Å². The quantitative estimate of drug-likeness (QED) is 0.201. The molecule has 0 unspecified atom stereocenters. The summed E-state index contributed by atoms with van der Waals surface area (Å²) in [4.78, 5) is 5.61. The van der Waals surface area contributed by atoms with E-state index >= 15 is 0 Å². The fourth-order valence-corrected chi connectivity index (χ4v) is 11.4. The standard InChI is InChI=1S/2C18H22S2/c2*1-11-7-13(3)17(14(4)8-11)19-20-18-15(5)9-12(2)10-16(18)6/h2*7-10H,1-6H3. The topological polar surface area (TPSA) is 0 Å². The van der Waals surface area contributed by atoms with Gasteiger partial charge in [-0.25, -0.2) is 0 Å². The van der Waals surface area contributed by atoms with Gasteiger partial charge in [0.1, 0.15) is 0 Å². The first-order valence-electron chi connectivity index (χ1n) is 13.8. The zero-order valence-electron chi connectivity index (χ0n) is 26.3. The van der Waals surface area contributed by atoms with E-state index in [9.17, 15) is 0 Å². The molecule has 0 fully saturated rings. The van der Waals surface area contributed by atoms with Crippen LogP contribution in [0.1, 0.15) is 66.8 Å². The summed E-state index contributed by atoms with van der Waals surface area (Å²) in [5.41, 5.74) is 16.4. The lowest BCUT2D eigenvalue weighted by atomic mass is 10.1. The summed E-state index contributed by atoms with van der Waals surface area (Å²) in [7, 11) is 7.55. The fraction of sp³-hybridized carbons (Fsp3) is 0.333. The zero-order valence-corrected chi connectivity index (χ0v) is 29.5. The van der Waals surface area contributed by atoms with Crippen molar-refractivity contribution in [1.82, 2.24) is 0 Å². The highest BCUT2D eigenvalue weighted by atomic mass is 33.1. The minimum atomic E-state index is 1.34.